The Kier molecular flexibility index (Phi) is 10.6. The zero-order valence-electron chi connectivity index (χ0n) is 12.6. The molecule has 0 N–H and O–H groups in total. The summed E-state index contributed by atoms with van der Waals surface area (Å²) in [5, 5.41) is 0. The van der Waals surface area contributed by atoms with Crippen molar-refractivity contribution in [3.05, 3.63) is 88.6 Å². The average molecular weight is 485 g/mol. The normalized spacial score (nSPS) is 18.5. The predicted molar refractivity (Wildman–Crippen MR) is 88.2 cm³/mol. The molecule has 0 heterocycles. The van der Waals surface area contributed by atoms with Gasteiger partial charge in [-0.3, -0.25) is 6.08 Å². The van der Waals surface area contributed by atoms with Crippen LogP contribution < -0.4 is 24.8 Å². The van der Waals surface area contributed by atoms with Gasteiger partial charge in [-0.25, -0.2) is 12.2 Å². The van der Waals surface area contributed by atoms with Gasteiger partial charge in [0.1, 0.15) is 0 Å². The summed E-state index contributed by atoms with van der Waals surface area (Å²) in [5.74, 6) is 0. The fourth-order valence-electron chi connectivity index (χ4n) is 2.50. The number of fused-ring (bicyclic) bond motifs is 2. The Labute approximate surface area is 178 Å². The number of halogens is 3. The van der Waals surface area contributed by atoms with Gasteiger partial charge in [0, 0.05) is 4.83 Å². The zero-order chi connectivity index (χ0) is 13.9. The Morgan fingerprint density at radius 1 is 1.13 bits per heavy atom. The molecule has 116 valence electrons. The number of alkyl halides is 1. The second-order valence-corrected chi connectivity index (χ2v) is 5.88. The third kappa shape index (κ3) is 5.43. The van der Waals surface area contributed by atoms with Crippen molar-refractivity contribution in [1.82, 2.24) is 0 Å². The quantitative estimate of drug-likeness (QED) is 0.344. The van der Waals surface area contributed by atoms with Crippen LogP contribution in [0, 0.1) is 12.2 Å². The summed E-state index contributed by atoms with van der Waals surface area (Å²) in [6, 6.07) is 8.50. The fourth-order valence-corrected chi connectivity index (χ4v) is 3.29. The van der Waals surface area contributed by atoms with E-state index in [1.165, 1.54) is 27.8 Å². The van der Waals surface area contributed by atoms with Crippen molar-refractivity contribution >= 4 is 22.0 Å². The van der Waals surface area contributed by atoms with Gasteiger partial charge in [-0.1, -0.05) is 52.7 Å². The number of rotatable bonds is 0. The van der Waals surface area contributed by atoms with Crippen LogP contribution in [0.5, 0.6) is 0 Å². The summed E-state index contributed by atoms with van der Waals surface area (Å²) in [6.07, 6.45) is 17.8. The minimum Gasteiger partial charge on any atom is -1.00 e. The molecule has 0 bridgehead atoms. The first-order chi connectivity index (χ1) is 9.75. The number of hydrogen-bond donors (Lipinski definition) is 0. The molecule has 0 spiro atoms. The Morgan fingerprint density at radius 2 is 1.87 bits per heavy atom. The molecule has 0 fully saturated rings. The summed E-state index contributed by atoms with van der Waals surface area (Å²) >= 11 is 3.76. The molecular formula is C19H15BrCl2Zr. The van der Waals surface area contributed by atoms with Crippen LogP contribution in [0.25, 0.3) is 6.08 Å². The van der Waals surface area contributed by atoms with Crippen LogP contribution in [-0.4, -0.2) is 0 Å². The van der Waals surface area contributed by atoms with Crippen molar-refractivity contribution < 1.29 is 51.0 Å². The number of benzene rings is 1. The largest absolute Gasteiger partial charge is 4.00 e. The molecule has 0 aromatic heterocycles. The van der Waals surface area contributed by atoms with Gasteiger partial charge in [-0.2, -0.15) is 17.7 Å². The maximum absolute atomic E-state index is 3.76. The fraction of sp³-hybridized carbons (Fsp3) is 0.158. The van der Waals surface area contributed by atoms with Crippen molar-refractivity contribution in [3.8, 4) is 0 Å². The first-order valence-electron chi connectivity index (χ1n) is 6.74. The van der Waals surface area contributed by atoms with Crippen molar-refractivity contribution in [2.45, 2.75) is 18.2 Å². The van der Waals surface area contributed by atoms with E-state index in [1.54, 1.807) is 0 Å². The second-order valence-electron chi connectivity index (χ2n) is 4.96. The first-order valence-corrected chi connectivity index (χ1v) is 7.66. The maximum Gasteiger partial charge on any atom is 4.00 e. The maximum atomic E-state index is 3.76. The van der Waals surface area contributed by atoms with Gasteiger partial charge in [-0.15, -0.1) is 29.7 Å². The van der Waals surface area contributed by atoms with E-state index in [1.807, 2.05) is 12.2 Å². The zero-order valence-corrected chi connectivity index (χ0v) is 18.2. The molecule has 23 heavy (non-hydrogen) atoms. The molecule has 0 saturated heterocycles. The SMILES string of the molecule is CC1=[C-]C2=Cc3ccccc3C(Br)C2=C1.[C-]1=CC=CC1.[Cl-].[Cl-].[Zr+4]. The first kappa shape index (κ1) is 22.9. The van der Waals surface area contributed by atoms with E-state index >= 15 is 0 Å². The van der Waals surface area contributed by atoms with E-state index in [0.717, 1.165) is 6.42 Å². The van der Waals surface area contributed by atoms with Crippen LogP contribution in [0.4, 0.5) is 0 Å². The average Bonchev–Trinajstić information content (AvgIpc) is 3.11. The van der Waals surface area contributed by atoms with Gasteiger partial charge < -0.3 is 24.8 Å². The molecule has 0 radical (unpaired) electrons. The van der Waals surface area contributed by atoms with Gasteiger partial charge in [-0.05, 0) is 5.56 Å². The van der Waals surface area contributed by atoms with Crippen LogP contribution in [0.15, 0.2) is 65.3 Å². The molecule has 4 rings (SSSR count). The topological polar surface area (TPSA) is 0 Å². The molecule has 0 nitrogen and oxygen atoms in total. The Balaban J connectivity index is 0.000000529. The second kappa shape index (κ2) is 10.7. The molecule has 4 heteroatoms. The van der Waals surface area contributed by atoms with Crippen molar-refractivity contribution in [1.29, 1.82) is 0 Å². The van der Waals surface area contributed by atoms with Gasteiger partial charge >= 0.3 is 26.2 Å². The molecular weight excluding hydrogens is 470 g/mol. The molecule has 1 aromatic rings. The summed E-state index contributed by atoms with van der Waals surface area (Å²) in [4.78, 5) is 0.318. The molecule has 1 atom stereocenters. The predicted octanol–water partition coefficient (Wildman–Crippen LogP) is -0.480. The standard InChI is InChI=1S/C14H10Br.C5H5.2ClH.Zr/c1-9-6-11-8-10-4-2-3-5-12(10)14(15)13(11)7-9;1-2-4-5-3-1;;;/h2-5,7-8,14H,1H3;1-3H,4H2;2*1H;/q2*-1;;;+4/p-2. The van der Waals surface area contributed by atoms with E-state index in [0.29, 0.717) is 4.83 Å². The third-order valence-electron chi connectivity index (χ3n) is 3.44. The van der Waals surface area contributed by atoms with Gasteiger partial charge in [0.05, 0.1) is 0 Å². The monoisotopic (exact) mass is 482 g/mol. The Morgan fingerprint density at radius 3 is 2.48 bits per heavy atom. The summed E-state index contributed by atoms with van der Waals surface area (Å²) in [6.45, 7) is 2.09. The van der Waals surface area contributed by atoms with Crippen LogP contribution in [0.3, 0.4) is 0 Å². The smallest absolute Gasteiger partial charge is 1.00 e. The van der Waals surface area contributed by atoms with E-state index in [2.05, 4.69) is 77.5 Å². The van der Waals surface area contributed by atoms with E-state index < -0.39 is 0 Å². The van der Waals surface area contributed by atoms with Gasteiger partial charge in [0.2, 0.25) is 0 Å². The molecule has 1 unspecified atom stereocenters. The van der Waals surface area contributed by atoms with Crippen LogP contribution in [0.2, 0.25) is 0 Å². The van der Waals surface area contributed by atoms with Crippen molar-refractivity contribution in [3.63, 3.8) is 0 Å². The summed E-state index contributed by atoms with van der Waals surface area (Å²) < 4.78 is 0. The molecule has 0 saturated carbocycles. The summed E-state index contributed by atoms with van der Waals surface area (Å²) in [7, 11) is 0. The Bertz CT molecular complexity index is 674. The van der Waals surface area contributed by atoms with Crippen molar-refractivity contribution in [2.75, 3.05) is 0 Å². The minimum absolute atomic E-state index is 0. The van der Waals surface area contributed by atoms with Gasteiger partial charge in [0.15, 0.2) is 0 Å². The molecule has 3 aliphatic carbocycles. The van der Waals surface area contributed by atoms with Crippen LogP contribution >= 0.6 is 15.9 Å². The van der Waals surface area contributed by atoms with Gasteiger partial charge in [0.25, 0.3) is 0 Å². The van der Waals surface area contributed by atoms with Crippen molar-refractivity contribution in [2.24, 2.45) is 0 Å². The Hall–Kier alpha value is -0.137. The third-order valence-corrected chi connectivity index (χ3v) is 4.43. The van der Waals surface area contributed by atoms with Crippen LogP contribution in [-0.2, 0) is 26.2 Å². The molecule has 1 aromatic carbocycles. The number of hydrogen-bond acceptors (Lipinski definition) is 0. The molecule has 3 aliphatic rings. The number of allylic oxidation sites excluding steroid dienone is 9. The van der Waals surface area contributed by atoms with Crippen LogP contribution in [0.1, 0.15) is 29.3 Å². The minimum atomic E-state index is 0. The van der Waals surface area contributed by atoms with E-state index in [4.69, 9.17) is 0 Å². The molecule has 0 aliphatic heterocycles. The summed E-state index contributed by atoms with van der Waals surface area (Å²) in [5.41, 5.74) is 6.44. The molecule has 0 amide bonds. The van der Waals surface area contributed by atoms with E-state index in [-0.39, 0.29) is 51.0 Å². The van der Waals surface area contributed by atoms with E-state index in [9.17, 15) is 0 Å².